The molecular weight excluding hydrogens is 388 g/mol. The van der Waals surface area contributed by atoms with Crippen molar-refractivity contribution in [3.63, 3.8) is 0 Å². The number of hydrogen-bond acceptors (Lipinski definition) is 3. The standard InChI is InChI=1S/C10H4BF11O3/c12-7(13,9(16,17)18)4-2-1-3-5(24-11(23)25-22)6(4)8(14,15)10(19,20)21/h1-3,23H. The first-order chi connectivity index (χ1) is 11.1. The summed E-state index contributed by atoms with van der Waals surface area (Å²) in [5.74, 6) is -14.4. The van der Waals surface area contributed by atoms with Crippen LogP contribution in [0.1, 0.15) is 11.1 Å². The molecule has 1 aromatic carbocycles. The summed E-state index contributed by atoms with van der Waals surface area (Å²) in [5, 5.41) is 8.60. The zero-order valence-corrected chi connectivity index (χ0v) is 11.2. The summed E-state index contributed by atoms with van der Waals surface area (Å²) in [6, 6.07) is -0.0730. The van der Waals surface area contributed by atoms with E-state index in [9.17, 15) is 48.4 Å². The van der Waals surface area contributed by atoms with E-state index in [0.29, 0.717) is 0 Å². The first-order valence-corrected chi connectivity index (χ1v) is 5.72. The fraction of sp³-hybridized carbons (Fsp3) is 0.400. The Labute approximate surface area is 131 Å². The molecule has 0 bridgehead atoms. The molecule has 0 aliphatic rings. The third kappa shape index (κ3) is 3.91. The smallest absolute Gasteiger partial charge is 0.510 e. The van der Waals surface area contributed by atoms with Gasteiger partial charge in [0.25, 0.3) is 0 Å². The van der Waals surface area contributed by atoms with Gasteiger partial charge in [-0.2, -0.15) is 48.8 Å². The van der Waals surface area contributed by atoms with E-state index in [1.54, 1.807) is 0 Å². The van der Waals surface area contributed by atoms with Crippen molar-refractivity contribution in [2.24, 2.45) is 0 Å². The van der Waals surface area contributed by atoms with Crippen molar-refractivity contribution in [1.82, 2.24) is 0 Å². The normalized spacial score (nSPS) is 13.8. The Hall–Kier alpha value is -1.77. The molecule has 0 aliphatic heterocycles. The van der Waals surface area contributed by atoms with Crippen molar-refractivity contribution in [2.75, 3.05) is 0 Å². The molecule has 0 atom stereocenters. The van der Waals surface area contributed by atoms with E-state index in [-0.39, 0.29) is 18.2 Å². The Morgan fingerprint density at radius 3 is 1.68 bits per heavy atom. The minimum atomic E-state index is -6.62. The zero-order valence-electron chi connectivity index (χ0n) is 11.2. The predicted molar refractivity (Wildman–Crippen MR) is 57.1 cm³/mol. The fourth-order valence-electron chi connectivity index (χ4n) is 1.64. The molecule has 3 nitrogen and oxygen atoms in total. The number of halogens is 11. The Morgan fingerprint density at radius 2 is 1.28 bits per heavy atom. The van der Waals surface area contributed by atoms with E-state index < -0.39 is 48.4 Å². The van der Waals surface area contributed by atoms with Crippen LogP contribution >= 0.6 is 0 Å². The van der Waals surface area contributed by atoms with Crippen LogP contribution < -0.4 is 4.65 Å². The van der Waals surface area contributed by atoms with E-state index in [1.807, 2.05) is 0 Å². The predicted octanol–water partition coefficient (Wildman–Crippen LogP) is 4.25. The van der Waals surface area contributed by atoms with Crippen LogP contribution in [-0.2, 0) is 16.7 Å². The summed E-state index contributed by atoms with van der Waals surface area (Å²) >= 11 is 0. The molecule has 0 aliphatic carbocycles. The number of rotatable bonds is 5. The van der Waals surface area contributed by atoms with E-state index in [1.165, 1.54) is 0 Å². The first-order valence-electron chi connectivity index (χ1n) is 5.72. The van der Waals surface area contributed by atoms with Crippen molar-refractivity contribution in [3.05, 3.63) is 29.3 Å². The van der Waals surface area contributed by atoms with Gasteiger partial charge in [-0.3, -0.25) is 0 Å². The second-order valence-electron chi connectivity index (χ2n) is 4.34. The molecule has 0 saturated heterocycles. The average molecular weight is 392 g/mol. The van der Waals surface area contributed by atoms with Gasteiger partial charge >= 0.3 is 31.5 Å². The third-order valence-electron chi connectivity index (χ3n) is 2.69. The van der Waals surface area contributed by atoms with E-state index in [4.69, 9.17) is 5.02 Å². The van der Waals surface area contributed by atoms with Gasteiger partial charge in [-0.15, -0.1) is 0 Å². The van der Waals surface area contributed by atoms with Gasteiger partial charge in [0.1, 0.15) is 5.75 Å². The number of hydrogen-bond donors (Lipinski definition) is 1. The van der Waals surface area contributed by atoms with Crippen LogP contribution in [0.3, 0.4) is 0 Å². The fourth-order valence-corrected chi connectivity index (χ4v) is 1.64. The molecule has 0 unspecified atom stereocenters. The average Bonchev–Trinajstić information content (AvgIpc) is 2.44. The second kappa shape index (κ2) is 6.51. The van der Waals surface area contributed by atoms with Crippen molar-refractivity contribution in [2.45, 2.75) is 24.2 Å². The summed E-state index contributed by atoms with van der Waals surface area (Å²) in [5.41, 5.74) is -5.76. The summed E-state index contributed by atoms with van der Waals surface area (Å²) in [4.78, 5) is 2.50. The maximum atomic E-state index is 13.5. The third-order valence-corrected chi connectivity index (χ3v) is 2.69. The van der Waals surface area contributed by atoms with Gasteiger partial charge in [0.2, 0.25) is 0 Å². The molecule has 15 heteroatoms. The minimum absolute atomic E-state index is 0.0766. The topological polar surface area (TPSA) is 38.7 Å². The summed E-state index contributed by atoms with van der Waals surface area (Å²) in [7, 11) is -3.17. The summed E-state index contributed by atoms with van der Waals surface area (Å²) in [6.07, 6.45) is -13.2. The lowest BCUT2D eigenvalue weighted by Gasteiger charge is -2.29. The molecule has 0 saturated carbocycles. The molecule has 0 radical (unpaired) electrons. The Bertz CT molecular complexity index is 613. The second-order valence-corrected chi connectivity index (χ2v) is 4.34. The van der Waals surface area contributed by atoms with Crippen molar-refractivity contribution in [3.8, 4) is 5.75 Å². The molecule has 1 rings (SSSR count). The van der Waals surface area contributed by atoms with Gasteiger partial charge in [-0.1, -0.05) is 16.7 Å². The minimum Gasteiger partial charge on any atom is -0.510 e. The Balaban J connectivity index is 3.78. The molecule has 1 N–H and O–H groups in total. The maximum Gasteiger partial charge on any atom is 0.743 e. The van der Waals surface area contributed by atoms with Gasteiger partial charge < -0.3 is 9.68 Å². The van der Waals surface area contributed by atoms with Gasteiger partial charge in [-0.25, -0.2) is 0 Å². The molecule has 0 fully saturated rings. The SMILES string of the molecule is OB(OF)Oc1cccc(C(F)(F)C(F)(F)F)c1C(F)(F)C(F)(F)F. The van der Waals surface area contributed by atoms with Crippen molar-refractivity contribution in [1.29, 1.82) is 0 Å². The molecule has 0 amide bonds. The van der Waals surface area contributed by atoms with Crippen LogP contribution in [0.2, 0.25) is 0 Å². The van der Waals surface area contributed by atoms with E-state index >= 15 is 0 Å². The van der Waals surface area contributed by atoms with Crippen LogP contribution in [0.4, 0.5) is 48.4 Å². The monoisotopic (exact) mass is 392 g/mol. The van der Waals surface area contributed by atoms with E-state index in [2.05, 4.69) is 9.51 Å². The van der Waals surface area contributed by atoms with Crippen LogP contribution in [0, 0.1) is 0 Å². The van der Waals surface area contributed by atoms with Gasteiger partial charge in [0.05, 0.1) is 5.56 Å². The summed E-state index contributed by atoms with van der Waals surface area (Å²) in [6.45, 7) is 0. The Kier molecular flexibility index (Phi) is 5.54. The zero-order chi connectivity index (χ0) is 19.8. The highest BCUT2D eigenvalue weighted by atomic mass is 19.4. The largest absolute Gasteiger partial charge is 0.743 e. The maximum absolute atomic E-state index is 13.5. The van der Waals surface area contributed by atoms with Crippen LogP contribution in [0.15, 0.2) is 18.2 Å². The molecule has 0 aromatic heterocycles. The number of alkyl halides is 10. The number of benzene rings is 1. The van der Waals surface area contributed by atoms with Crippen LogP contribution in [0.5, 0.6) is 5.75 Å². The first kappa shape index (κ1) is 21.3. The molecule has 1 aromatic rings. The highest BCUT2D eigenvalue weighted by Crippen LogP contribution is 2.54. The van der Waals surface area contributed by atoms with Gasteiger partial charge in [0.15, 0.2) is 0 Å². The quantitative estimate of drug-likeness (QED) is 0.602. The van der Waals surface area contributed by atoms with Gasteiger partial charge in [-0.05, 0) is 6.07 Å². The van der Waals surface area contributed by atoms with Gasteiger partial charge in [0, 0.05) is 5.56 Å². The highest BCUT2D eigenvalue weighted by Gasteiger charge is 2.66. The van der Waals surface area contributed by atoms with E-state index in [0.717, 1.165) is 0 Å². The highest BCUT2D eigenvalue weighted by molar-refractivity contribution is 6.35. The molecule has 142 valence electrons. The molecular formula is C10H4BF11O3. The van der Waals surface area contributed by atoms with Crippen LogP contribution in [0.25, 0.3) is 0 Å². The van der Waals surface area contributed by atoms with Crippen molar-refractivity contribution < 1.29 is 63.0 Å². The lowest BCUT2D eigenvalue weighted by Crippen LogP contribution is -2.41. The summed E-state index contributed by atoms with van der Waals surface area (Å²) < 4.78 is 144. The molecule has 0 spiro atoms. The molecule has 0 heterocycles. The van der Waals surface area contributed by atoms with Crippen molar-refractivity contribution >= 4 is 7.32 Å². The lowest BCUT2D eigenvalue weighted by molar-refractivity contribution is -0.302. The lowest BCUT2D eigenvalue weighted by atomic mass is 9.94. The molecule has 25 heavy (non-hydrogen) atoms. The van der Waals surface area contributed by atoms with Crippen LogP contribution in [-0.4, -0.2) is 24.7 Å². The Morgan fingerprint density at radius 1 is 0.800 bits per heavy atom.